The summed E-state index contributed by atoms with van der Waals surface area (Å²) < 4.78 is 6.93. The molecule has 1 N–H and O–H groups in total. The normalized spacial score (nSPS) is 19.2. The lowest BCUT2D eigenvalue weighted by Crippen LogP contribution is -2.47. The fourth-order valence-electron chi connectivity index (χ4n) is 2.72. The smallest absolute Gasteiger partial charge is 0.119 e. The highest BCUT2D eigenvalue weighted by Crippen LogP contribution is 2.16. The topological polar surface area (TPSA) is 24.5 Å². The van der Waals surface area contributed by atoms with E-state index in [2.05, 4.69) is 33.1 Å². The van der Waals surface area contributed by atoms with E-state index in [1.165, 1.54) is 25.8 Å². The van der Waals surface area contributed by atoms with Gasteiger partial charge in [-0.05, 0) is 56.6 Å². The number of ether oxygens (including phenoxy) is 1. The number of hydrogen-bond donors (Lipinski definition) is 1. The van der Waals surface area contributed by atoms with E-state index in [1.54, 1.807) is 0 Å². The second-order valence-corrected chi connectivity index (χ2v) is 6.25. The van der Waals surface area contributed by atoms with E-state index >= 15 is 0 Å². The molecule has 2 rings (SSSR count). The van der Waals surface area contributed by atoms with E-state index in [4.69, 9.17) is 4.74 Å². The molecule has 1 unspecified atom stereocenters. The van der Waals surface area contributed by atoms with E-state index in [0.29, 0.717) is 6.04 Å². The minimum absolute atomic E-state index is 0.678. The molecule has 1 heterocycles. The Hall–Kier alpha value is -0.580. The van der Waals surface area contributed by atoms with Crippen molar-refractivity contribution in [3.63, 3.8) is 0 Å². The van der Waals surface area contributed by atoms with E-state index in [1.807, 2.05) is 24.3 Å². The Kier molecular flexibility index (Phi) is 6.83. The first-order valence-electron chi connectivity index (χ1n) is 7.62. The second kappa shape index (κ2) is 8.65. The van der Waals surface area contributed by atoms with Crippen molar-refractivity contribution in [1.82, 2.24) is 10.2 Å². The average molecular weight is 341 g/mol. The fourth-order valence-corrected chi connectivity index (χ4v) is 2.99. The van der Waals surface area contributed by atoms with Crippen LogP contribution in [0.2, 0.25) is 0 Å². The molecular weight excluding hydrogens is 316 g/mol. The van der Waals surface area contributed by atoms with Gasteiger partial charge in [-0.15, -0.1) is 0 Å². The van der Waals surface area contributed by atoms with Gasteiger partial charge in [0.2, 0.25) is 0 Å². The Morgan fingerprint density at radius 3 is 2.75 bits per heavy atom. The van der Waals surface area contributed by atoms with Crippen LogP contribution in [0.5, 0.6) is 5.75 Å². The first kappa shape index (κ1) is 15.8. The number of halogens is 1. The van der Waals surface area contributed by atoms with Crippen LogP contribution in [-0.2, 0) is 0 Å². The van der Waals surface area contributed by atoms with Gasteiger partial charge in [0.1, 0.15) is 12.4 Å². The Morgan fingerprint density at radius 1 is 1.30 bits per heavy atom. The summed E-state index contributed by atoms with van der Waals surface area (Å²) in [4.78, 5) is 2.57. The molecule has 0 amide bonds. The van der Waals surface area contributed by atoms with Gasteiger partial charge in [-0.25, -0.2) is 0 Å². The summed E-state index contributed by atoms with van der Waals surface area (Å²) in [6.45, 7) is 7.48. The zero-order valence-corrected chi connectivity index (χ0v) is 13.9. The van der Waals surface area contributed by atoms with Crippen molar-refractivity contribution in [2.75, 3.05) is 32.8 Å². The molecule has 112 valence electrons. The van der Waals surface area contributed by atoms with Crippen LogP contribution < -0.4 is 10.1 Å². The van der Waals surface area contributed by atoms with Crippen LogP contribution in [0.1, 0.15) is 26.2 Å². The van der Waals surface area contributed by atoms with Crippen LogP contribution in [0, 0.1) is 0 Å². The molecule has 1 aromatic rings. The lowest BCUT2D eigenvalue weighted by Gasteiger charge is -2.34. The predicted octanol–water partition coefficient (Wildman–Crippen LogP) is 3.29. The summed E-state index contributed by atoms with van der Waals surface area (Å²) in [6, 6.07) is 8.73. The Labute approximate surface area is 130 Å². The summed E-state index contributed by atoms with van der Waals surface area (Å²) in [5.74, 6) is 0.950. The molecule has 0 radical (unpaired) electrons. The number of rotatable bonds is 7. The molecule has 1 saturated heterocycles. The van der Waals surface area contributed by atoms with Crippen LogP contribution in [0.25, 0.3) is 0 Å². The lowest BCUT2D eigenvalue weighted by atomic mass is 10.1. The maximum absolute atomic E-state index is 5.85. The van der Waals surface area contributed by atoms with Gasteiger partial charge in [0, 0.05) is 23.6 Å². The lowest BCUT2D eigenvalue weighted by molar-refractivity contribution is 0.138. The highest BCUT2D eigenvalue weighted by molar-refractivity contribution is 9.10. The van der Waals surface area contributed by atoms with Gasteiger partial charge >= 0.3 is 0 Å². The van der Waals surface area contributed by atoms with Gasteiger partial charge in [-0.2, -0.15) is 0 Å². The van der Waals surface area contributed by atoms with Crippen molar-refractivity contribution in [2.45, 2.75) is 32.2 Å². The van der Waals surface area contributed by atoms with Crippen molar-refractivity contribution in [3.05, 3.63) is 28.7 Å². The zero-order valence-electron chi connectivity index (χ0n) is 12.3. The maximum Gasteiger partial charge on any atom is 0.119 e. The molecule has 20 heavy (non-hydrogen) atoms. The van der Waals surface area contributed by atoms with Crippen molar-refractivity contribution >= 4 is 15.9 Å². The summed E-state index contributed by atoms with van der Waals surface area (Å²) in [6.07, 6.45) is 3.80. The molecule has 0 aliphatic carbocycles. The number of nitrogens with zero attached hydrogens (tertiary/aromatic N) is 1. The van der Waals surface area contributed by atoms with E-state index < -0.39 is 0 Å². The van der Waals surface area contributed by atoms with E-state index in [0.717, 1.165) is 36.5 Å². The number of hydrogen-bond acceptors (Lipinski definition) is 3. The minimum atomic E-state index is 0.678. The number of benzene rings is 1. The fraction of sp³-hybridized carbons (Fsp3) is 0.625. The van der Waals surface area contributed by atoms with E-state index in [9.17, 15) is 0 Å². The predicted molar refractivity (Wildman–Crippen MR) is 87.4 cm³/mol. The minimum Gasteiger partial charge on any atom is -0.492 e. The molecule has 4 heteroatoms. The van der Waals surface area contributed by atoms with Gasteiger partial charge < -0.3 is 10.1 Å². The molecule has 1 atom stereocenters. The van der Waals surface area contributed by atoms with E-state index in [-0.39, 0.29) is 0 Å². The van der Waals surface area contributed by atoms with Gasteiger partial charge in [0.25, 0.3) is 0 Å². The van der Waals surface area contributed by atoms with Crippen molar-refractivity contribution in [3.8, 4) is 5.75 Å². The first-order valence-corrected chi connectivity index (χ1v) is 8.42. The van der Waals surface area contributed by atoms with Crippen molar-refractivity contribution in [1.29, 1.82) is 0 Å². The quantitative estimate of drug-likeness (QED) is 0.824. The van der Waals surface area contributed by atoms with Crippen molar-refractivity contribution in [2.24, 2.45) is 0 Å². The van der Waals surface area contributed by atoms with Gasteiger partial charge in [0.15, 0.2) is 0 Å². The monoisotopic (exact) mass is 340 g/mol. The molecule has 1 aliphatic heterocycles. The molecule has 3 nitrogen and oxygen atoms in total. The Balaban J connectivity index is 1.77. The average Bonchev–Trinajstić information content (AvgIpc) is 2.49. The molecule has 0 saturated carbocycles. The summed E-state index contributed by atoms with van der Waals surface area (Å²) in [5, 5.41) is 3.50. The molecule has 0 spiro atoms. The van der Waals surface area contributed by atoms with Crippen molar-refractivity contribution < 1.29 is 4.74 Å². The van der Waals surface area contributed by atoms with Gasteiger partial charge in [0.05, 0.1) is 0 Å². The summed E-state index contributed by atoms with van der Waals surface area (Å²) in [5.41, 5.74) is 0. The molecule has 1 aliphatic rings. The Morgan fingerprint density at radius 2 is 2.10 bits per heavy atom. The van der Waals surface area contributed by atoms with Crippen LogP contribution in [-0.4, -0.2) is 43.7 Å². The molecule has 0 aromatic heterocycles. The summed E-state index contributed by atoms with van der Waals surface area (Å²) in [7, 11) is 0. The highest BCUT2D eigenvalue weighted by atomic mass is 79.9. The van der Waals surface area contributed by atoms with Crippen LogP contribution in [0.15, 0.2) is 28.7 Å². The third kappa shape index (κ3) is 5.08. The SMILES string of the molecule is CCCN(CCOc1ccc(Br)cc1)C1CCCNC1. The van der Waals surface area contributed by atoms with Crippen LogP contribution in [0.4, 0.5) is 0 Å². The molecule has 1 aromatic carbocycles. The first-order chi connectivity index (χ1) is 9.79. The standard InChI is InChI=1S/C16H25BrN2O/c1-2-10-19(15-4-3-9-18-13-15)11-12-20-16-7-5-14(17)6-8-16/h5-8,15,18H,2-4,9-13H2,1H3. The number of nitrogens with one attached hydrogen (secondary N) is 1. The van der Waals surface area contributed by atoms with Gasteiger partial charge in [-0.3, -0.25) is 4.90 Å². The Bertz CT molecular complexity index is 377. The van der Waals surface area contributed by atoms with Gasteiger partial charge in [-0.1, -0.05) is 22.9 Å². The number of piperidine rings is 1. The summed E-state index contributed by atoms with van der Waals surface area (Å²) >= 11 is 3.44. The third-order valence-corrected chi connectivity index (χ3v) is 4.29. The molecule has 0 bridgehead atoms. The zero-order chi connectivity index (χ0) is 14.2. The largest absolute Gasteiger partial charge is 0.492 e. The highest BCUT2D eigenvalue weighted by Gasteiger charge is 2.19. The second-order valence-electron chi connectivity index (χ2n) is 5.34. The molecular formula is C16H25BrN2O. The maximum atomic E-state index is 5.85. The molecule has 1 fully saturated rings. The van der Waals surface area contributed by atoms with Crippen LogP contribution in [0.3, 0.4) is 0 Å². The third-order valence-electron chi connectivity index (χ3n) is 3.76. The van der Waals surface area contributed by atoms with Crippen LogP contribution >= 0.6 is 15.9 Å².